The zero-order valence-electron chi connectivity index (χ0n) is 15.7. The van der Waals surface area contributed by atoms with Gasteiger partial charge in [0.2, 0.25) is 0 Å². The smallest absolute Gasteiger partial charge is 0.135 e. The van der Waals surface area contributed by atoms with Gasteiger partial charge in [-0.25, -0.2) is 0 Å². The molecular weight excluding hydrogens is 246 g/mol. The molecule has 0 bridgehead atoms. The molecule has 2 aromatic heterocycles. The maximum atomic E-state index is 8.05. The van der Waals surface area contributed by atoms with E-state index >= 15 is 0 Å². The Hall–Kier alpha value is -2.61. The lowest BCUT2D eigenvalue weighted by molar-refractivity contribution is 0.576. The summed E-state index contributed by atoms with van der Waals surface area (Å²) in [5, 5.41) is 1.56. The van der Waals surface area contributed by atoms with Crippen LogP contribution in [0.3, 0.4) is 0 Å². The number of hydrogen-bond acceptors (Lipinski definition) is 2. The fraction of sp³-hybridized carbons (Fsp3) is 0.0556. The van der Waals surface area contributed by atoms with Crippen molar-refractivity contribution >= 4 is 29.2 Å². The number of para-hydroxylation sites is 1. The maximum absolute atomic E-state index is 8.05. The highest BCUT2D eigenvalue weighted by atomic mass is 16.3. The SMILES string of the molecule is [2H]c1c(C([2H])([2H])[2H])cnc(C(=C)/C=c2/oc3ccccc3c2=C)c1[2H]. The van der Waals surface area contributed by atoms with Crippen LogP contribution in [0.1, 0.15) is 18.1 Å². The Morgan fingerprint density at radius 3 is 3.05 bits per heavy atom. The Balaban J connectivity index is 2.11. The Bertz CT molecular complexity index is 1100. The van der Waals surface area contributed by atoms with E-state index in [0.29, 0.717) is 21.8 Å². The van der Waals surface area contributed by atoms with Crippen molar-refractivity contribution in [3.63, 3.8) is 0 Å². The lowest BCUT2D eigenvalue weighted by atomic mass is 10.1. The molecule has 0 amide bonds. The van der Waals surface area contributed by atoms with Gasteiger partial charge in [0, 0.05) is 20.9 Å². The van der Waals surface area contributed by atoms with Gasteiger partial charge in [0.05, 0.1) is 8.44 Å². The molecule has 0 saturated carbocycles. The van der Waals surface area contributed by atoms with Crippen molar-refractivity contribution in [1.29, 1.82) is 0 Å². The van der Waals surface area contributed by atoms with Crippen molar-refractivity contribution in [3.8, 4) is 0 Å². The van der Waals surface area contributed by atoms with Gasteiger partial charge >= 0.3 is 0 Å². The number of aryl methyl sites for hydroxylation is 1. The molecule has 0 atom stereocenters. The summed E-state index contributed by atoms with van der Waals surface area (Å²) >= 11 is 0. The molecular formula is C18H15NO. The number of benzene rings is 1. The molecule has 2 heteroatoms. The van der Waals surface area contributed by atoms with Crippen molar-refractivity contribution < 1.29 is 11.3 Å². The number of aromatic nitrogens is 1. The average Bonchev–Trinajstić information content (AvgIpc) is 2.85. The molecule has 1 aromatic carbocycles. The highest BCUT2D eigenvalue weighted by Gasteiger charge is 2.02. The molecule has 0 unspecified atom stereocenters. The van der Waals surface area contributed by atoms with E-state index in [4.69, 9.17) is 11.3 Å². The van der Waals surface area contributed by atoms with Crippen LogP contribution in [0, 0.1) is 6.85 Å². The van der Waals surface area contributed by atoms with E-state index in [2.05, 4.69) is 18.1 Å². The Morgan fingerprint density at radius 1 is 1.40 bits per heavy atom. The predicted molar refractivity (Wildman–Crippen MR) is 83.5 cm³/mol. The molecule has 20 heavy (non-hydrogen) atoms. The van der Waals surface area contributed by atoms with Gasteiger partial charge in [-0.15, -0.1) is 0 Å². The van der Waals surface area contributed by atoms with Gasteiger partial charge in [-0.3, -0.25) is 4.98 Å². The second-order valence-electron chi connectivity index (χ2n) is 4.38. The molecule has 0 N–H and O–H groups in total. The van der Waals surface area contributed by atoms with E-state index in [-0.39, 0.29) is 23.3 Å². The van der Waals surface area contributed by atoms with E-state index in [9.17, 15) is 0 Å². The second-order valence-corrected chi connectivity index (χ2v) is 4.38. The number of fused-ring (bicyclic) bond motifs is 1. The highest BCUT2D eigenvalue weighted by Crippen LogP contribution is 2.12. The van der Waals surface area contributed by atoms with Crippen molar-refractivity contribution in [2.24, 2.45) is 0 Å². The van der Waals surface area contributed by atoms with Gasteiger partial charge in [0.15, 0.2) is 0 Å². The molecule has 0 saturated heterocycles. The van der Waals surface area contributed by atoms with Gasteiger partial charge in [-0.05, 0) is 36.2 Å². The molecule has 2 heterocycles. The monoisotopic (exact) mass is 266 g/mol. The van der Waals surface area contributed by atoms with Crippen LogP contribution >= 0.6 is 0 Å². The third-order valence-electron chi connectivity index (χ3n) is 2.98. The summed E-state index contributed by atoms with van der Waals surface area (Å²) in [7, 11) is 0. The van der Waals surface area contributed by atoms with Gasteiger partial charge in [-0.2, -0.15) is 0 Å². The Kier molecular flexibility index (Phi) is 1.89. The van der Waals surface area contributed by atoms with Crippen LogP contribution in [0.4, 0.5) is 0 Å². The van der Waals surface area contributed by atoms with Gasteiger partial charge in [-0.1, -0.05) is 37.4 Å². The normalized spacial score (nSPS) is 16.2. The lowest BCUT2D eigenvalue weighted by Crippen LogP contribution is -2.17. The first-order chi connectivity index (χ1) is 11.7. The van der Waals surface area contributed by atoms with Crippen molar-refractivity contribution in [2.75, 3.05) is 0 Å². The van der Waals surface area contributed by atoms with Crippen molar-refractivity contribution in [3.05, 3.63) is 71.0 Å². The number of furan rings is 1. The minimum absolute atomic E-state index is 0.137. The minimum atomic E-state index is -2.48. The zero-order valence-corrected chi connectivity index (χ0v) is 10.7. The van der Waals surface area contributed by atoms with Crippen molar-refractivity contribution in [1.82, 2.24) is 4.98 Å². The number of hydrogen-bond donors (Lipinski definition) is 0. The molecule has 0 aliphatic carbocycles. The van der Waals surface area contributed by atoms with E-state index in [1.54, 1.807) is 6.08 Å². The molecule has 2 nitrogen and oxygen atoms in total. The molecule has 98 valence electrons. The Morgan fingerprint density at radius 2 is 2.25 bits per heavy atom. The first-order valence-electron chi connectivity index (χ1n) is 8.54. The molecule has 3 rings (SSSR count). The predicted octanol–water partition coefficient (Wildman–Crippen LogP) is 3.04. The van der Waals surface area contributed by atoms with Gasteiger partial charge in [0.1, 0.15) is 11.0 Å². The summed E-state index contributed by atoms with van der Waals surface area (Å²) in [5.74, 6) is 0. The van der Waals surface area contributed by atoms with Crippen LogP contribution in [0.15, 0.2) is 53.5 Å². The maximum Gasteiger partial charge on any atom is 0.135 e. The topological polar surface area (TPSA) is 26.0 Å². The third-order valence-corrected chi connectivity index (χ3v) is 2.98. The zero-order chi connectivity index (χ0) is 18.4. The Labute approximate surface area is 124 Å². The highest BCUT2D eigenvalue weighted by molar-refractivity contribution is 5.86. The number of allylic oxidation sites excluding steroid dienone is 1. The molecule has 0 aliphatic heterocycles. The van der Waals surface area contributed by atoms with E-state index < -0.39 is 6.85 Å². The second kappa shape index (κ2) is 4.82. The molecule has 0 aliphatic rings. The summed E-state index contributed by atoms with van der Waals surface area (Å²) in [6.07, 6.45) is 2.70. The summed E-state index contributed by atoms with van der Waals surface area (Å²) in [6.45, 7) is 5.39. The van der Waals surface area contributed by atoms with Crippen LogP contribution in [0.2, 0.25) is 0 Å². The van der Waals surface area contributed by atoms with E-state index in [1.165, 1.54) is 0 Å². The first-order valence-corrected chi connectivity index (χ1v) is 6.04. The first kappa shape index (κ1) is 7.85. The quantitative estimate of drug-likeness (QED) is 0.712. The van der Waals surface area contributed by atoms with Crippen LogP contribution in [0.5, 0.6) is 0 Å². The summed E-state index contributed by atoms with van der Waals surface area (Å²) in [4.78, 5) is 4.02. The van der Waals surface area contributed by atoms with E-state index in [1.807, 2.05) is 24.3 Å². The lowest BCUT2D eigenvalue weighted by Gasteiger charge is -1.98. The summed E-state index contributed by atoms with van der Waals surface area (Å²) in [5.41, 5.74) is 1.40. The van der Waals surface area contributed by atoms with Crippen LogP contribution in [-0.4, -0.2) is 4.98 Å². The van der Waals surface area contributed by atoms with Crippen LogP contribution in [-0.2, 0) is 0 Å². The van der Waals surface area contributed by atoms with Gasteiger partial charge in [0.25, 0.3) is 0 Å². The summed E-state index contributed by atoms with van der Waals surface area (Å²) < 4.78 is 43.9. The largest absolute Gasteiger partial charge is 0.456 e. The number of rotatable bonds is 2. The van der Waals surface area contributed by atoms with Crippen LogP contribution < -0.4 is 10.6 Å². The molecule has 0 fully saturated rings. The fourth-order valence-electron chi connectivity index (χ4n) is 1.94. The molecule has 3 aromatic rings. The molecule has 0 spiro atoms. The fourth-order valence-corrected chi connectivity index (χ4v) is 1.94. The average molecular weight is 266 g/mol. The minimum Gasteiger partial charge on any atom is -0.456 e. The van der Waals surface area contributed by atoms with E-state index in [0.717, 1.165) is 11.6 Å². The summed E-state index contributed by atoms with van der Waals surface area (Å²) in [6, 6.07) is 6.80. The molecule has 0 radical (unpaired) electrons. The van der Waals surface area contributed by atoms with Gasteiger partial charge < -0.3 is 4.42 Å². The standard InChI is InChI=1S/C18H15NO/c1-12-8-9-16(19-11-12)13(2)10-18-14(3)15-6-4-5-7-17(15)20-18/h4-11H,2-3H2,1H3/b18-10+/i1D3,8D,9D. The third kappa shape index (κ3) is 2.16. The van der Waals surface area contributed by atoms with Crippen LogP contribution in [0.25, 0.3) is 29.2 Å². The number of pyridine rings is 1. The van der Waals surface area contributed by atoms with Crippen molar-refractivity contribution in [2.45, 2.75) is 6.85 Å². The number of nitrogens with zero attached hydrogens (tertiary/aromatic N) is 1.